The lowest BCUT2D eigenvalue weighted by Gasteiger charge is -2.15. The second-order valence-electron chi connectivity index (χ2n) is 10.9. The molecular formula is C40H28O. The van der Waals surface area contributed by atoms with Gasteiger partial charge in [0.2, 0.25) is 0 Å². The van der Waals surface area contributed by atoms with Gasteiger partial charge < -0.3 is 4.42 Å². The molecule has 8 aromatic rings. The van der Waals surface area contributed by atoms with Gasteiger partial charge in [0, 0.05) is 22.3 Å². The molecule has 0 aliphatic rings. The second kappa shape index (κ2) is 9.50. The van der Waals surface area contributed by atoms with E-state index in [-0.39, 0.29) is 5.92 Å². The van der Waals surface area contributed by atoms with Crippen molar-refractivity contribution >= 4 is 43.5 Å². The van der Waals surface area contributed by atoms with Crippen LogP contribution < -0.4 is 0 Å². The standard InChI is InChI=1S/C40H28O/c1-26(27-17-21-29(22-18-27)33-14-8-15-37-36-13-6-7-16-39(36)41-40(33)37)28-19-23-30(24-20-28)38-25-31-9-2-3-10-32(31)34-11-4-5-12-35(34)38/h2-26H,1H3. The normalized spacial score (nSPS) is 12.4. The third-order valence-corrected chi connectivity index (χ3v) is 8.62. The van der Waals surface area contributed by atoms with E-state index >= 15 is 0 Å². The minimum absolute atomic E-state index is 0.286. The van der Waals surface area contributed by atoms with Crippen LogP contribution in [-0.2, 0) is 0 Å². The van der Waals surface area contributed by atoms with Crippen LogP contribution in [0, 0.1) is 0 Å². The number of hydrogen-bond donors (Lipinski definition) is 0. The Kier molecular flexibility index (Phi) is 5.50. The van der Waals surface area contributed by atoms with Crippen LogP contribution in [0.4, 0.5) is 0 Å². The average molecular weight is 525 g/mol. The lowest BCUT2D eigenvalue weighted by molar-refractivity contribution is 0.670. The first-order valence-electron chi connectivity index (χ1n) is 14.3. The van der Waals surface area contributed by atoms with Crippen molar-refractivity contribution < 1.29 is 4.42 Å². The molecule has 1 heterocycles. The molecule has 0 saturated heterocycles. The highest BCUT2D eigenvalue weighted by atomic mass is 16.3. The molecular weight excluding hydrogens is 496 g/mol. The van der Waals surface area contributed by atoms with Gasteiger partial charge in [-0.2, -0.15) is 0 Å². The summed E-state index contributed by atoms with van der Waals surface area (Å²) < 4.78 is 6.28. The summed E-state index contributed by atoms with van der Waals surface area (Å²) in [5, 5.41) is 7.50. The van der Waals surface area contributed by atoms with Crippen LogP contribution in [0.15, 0.2) is 150 Å². The van der Waals surface area contributed by atoms with Gasteiger partial charge in [-0.15, -0.1) is 0 Å². The summed E-state index contributed by atoms with van der Waals surface area (Å²) in [5.74, 6) is 0.286. The molecule has 8 rings (SSSR count). The molecule has 1 aromatic heterocycles. The molecule has 1 atom stereocenters. The van der Waals surface area contributed by atoms with Crippen molar-refractivity contribution in [2.24, 2.45) is 0 Å². The number of fused-ring (bicyclic) bond motifs is 6. The van der Waals surface area contributed by atoms with Gasteiger partial charge in [-0.25, -0.2) is 0 Å². The van der Waals surface area contributed by atoms with Crippen LogP contribution in [0.2, 0.25) is 0 Å². The first-order valence-corrected chi connectivity index (χ1v) is 14.3. The Morgan fingerprint density at radius 2 is 1.00 bits per heavy atom. The largest absolute Gasteiger partial charge is 0.455 e. The Morgan fingerprint density at radius 1 is 0.439 bits per heavy atom. The van der Waals surface area contributed by atoms with E-state index < -0.39 is 0 Å². The fraction of sp³-hybridized carbons (Fsp3) is 0.0500. The zero-order valence-corrected chi connectivity index (χ0v) is 22.8. The van der Waals surface area contributed by atoms with Crippen molar-refractivity contribution in [2.75, 3.05) is 0 Å². The van der Waals surface area contributed by atoms with E-state index in [4.69, 9.17) is 4.42 Å². The predicted octanol–water partition coefficient (Wildman–Crippen LogP) is 11.4. The summed E-state index contributed by atoms with van der Waals surface area (Å²) in [6.07, 6.45) is 0. The lowest BCUT2D eigenvalue weighted by Crippen LogP contribution is -1.96. The lowest BCUT2D eigenvalue weighted by atomic mass is 9.89. The number of rotatable bonds is 4. The molecule has 0 aliphatic heterocycles. The molecule has 0 amide bonds. The van der Waals surface area contributed by atoms with Gasteiger partial charge in [0.1, 0.15) is 11.2 Å². The smallest absolute Gasteiger partial charge is 0.143 e. The van der Waals surface area contributed by atoms with Gasteiger partial charge in [0.05, 0.1) is 0 Å². The first kappa shape index (κ1) is 23.7. The summed E-state index contributed by atoms with van der Waals surface area (Å²) in [4.78, 5) is 0. The third-order valence-electron chi connectivity index (χ3n) is 8.62. The highest BCUT2D eigenvalue weighted by Crippen LogP contribution is 2.38. The van der Waals surface area contributed by atoms with E-state index in [0.29, 0.717) is 0 Å². The zero-order valence-electron chi connectivity index (χ0n) is 22.8. The molecule has 1 unspecified atom stereocenters. The molecule has 41 heavy (non-hydrogen) atoms. The van der Waals surface area contributed by atoms with E-state index in [2.05, 4.69) is 140 Å². The number of benzene rings is 7. The number of furan rings is 1. The molecule has 0 radical (unpaired) electrons. The van der Waals surface area contributed by atoms with E-state index in [1.54, 1.807) is 0 Å². The highest BCUT2D eigenvalue weighted by Gasteiger charge is 2.14. The molecule has 0 bridgehead atoms. The van der Waals surface area contributed by atoms with Gasteiger partial charge in [-0.3, -0.25) is 0 Å². The topological polar surface area (TPSA) is 13.1 Å². The molecule has 7 aromatic carbocycles. The van der Waals surface area contributed by atoms with Crippen molar-refractivity contribution in [2.45, 2.75) is 12.8 Å². The van der Waals surface area contributed by atoms with Crippen LogP contribution in [0.25, 0.3) is 65.7 Å². The maximum atomic E-state index is 6.28. The van der Waals surface area contributed by atoms with Crippen LogP contribution in [0.3, 0.4) is 0 Å². The van der Waals surface area contributed by atoms with Gasteiger partial charge in [0.15, 0.2) is 0 Å². The summed E-state index contributed by atoms with van der Waals surface area (Å²) in [7, 11) is 0. The summed E-state index contributed by atoms with van der Waals surface area (Å²) >= 11 is 0. The Labute approximate surface area is 239 Å². The summed E-state index contributed by atoms with van der Waals surface area (Å²) in [6, 6.07) is 52.5. The molecule has 1 heteroatoms. The molecule has 1 nitrogen and oxygen atoms in total. The Hall–Kier alpha value is -5.14. The molecule has 0 aliphatic carbocycles. The van der Waals surface area contributed by atoms with Crippen LogP contribution in [0.5, 0.6) is 0 Å². The molecule has 0 spiro atoms. The van der Waals surface area contributed by atoms with E-state index in [0.717, 1.165) is 27.5 Å². The third kappa shape index (κ3) is 3.93. The monoisotopic (exact) mass is 524 g/mol. The Bertz CT molecular complexity index is 2200. The zero-order chi connectivity index (χ0) is 27.3. The van der Waals surface area contributed by atoms with Crippen molar-refractivity contribution in [1.82, 2.24) is 0 Å². The maximum absolute atomic E-state index is 6.28. The first-order chi connectivity index (χ1) is 20.2. The predicted molar refractivity (Wildman–Crippen MR) is 174 cm³/mol. The van der Waals surface area contributed by atoms with Crippen LogP contribution in [0.1, 0.15) is 24.0 Å². The molecule has 0 fully saturated rings. The minimum Gasteiger partial charge on any atom is -0.455 e. The highest BCUT2D eigenvalue weighted by molar-refractivity contribution is 6.13. The molecule has 0 saturated carbocycles. The van der Waals surface area contributed by atoms with Gasteiger partial charge in [-0.05, 0) is 61.5 Å². The minimum atomic E-state index is 0.286. The number of hydrogen-bond acceptors (Lipinski definition) is 1. The van der Waals surface area contributed by atoms with Crippen molar-refractivity contribution in [3.05, 3.63) is 157 Å². The van der Waals surface area contributed by atoms with Crippen molar-refractivity contribution in [1.29, 1.82) is 0 Å². The van der Waals surface area contributed by atoms with Gasteiger partial charge in [0.25, 0.3) is 0 Å². The SMILES string of the molecule is CC(c1ccc(-c2cc3ccccc3c3ccccc23)cc1)c1ccc(-c2cccc3c2oc2ccccc23)cc1. The van der Waals surface area contributed by atoms with Gasteiger partial charge in [-0.1, -0.05) is 140 Å². The maximum Gasteiger partial charge on any atom is 0.143 e. The van der Waals surface area contributed by atoms with Gasteiger partial charge >= 0.3 is 0 Å². The molecule has 0 N–H and O–H groups in total. The van der Waals surface area contributed by atoms with Crippen molar-refractivity contribution in [3.63, 3.8) is 0 Å². The number of para-hydroxylation sites is 2. The summed E-state index contributed by atoms with van der Waals surface area (Å²) in [5.41, 5.74) is 9.32. The van der Waals surface area contributed by atoms with Crippen molar-refractivity contribution in [3.8, 4) is 22.3 Å². The van der Waals surface area contributed by atoms with E-state index in [9.17, 15) is 0 Å². The van der Waals surface area contributed by atoms with Crippen LogP contribution in [-0.4, -0.2) is 0 Å². The fourth-order valence-electron chi connectivity index (χ4n) is 6.36. The average Bonchev–Trinajstić information content (AvgIpc) is 3.43. The summed E-state index contributed by atoms with van der Waals surface area (Å²) in [6.45, 7) is 2.29. The van der Waals surface area contributed by atoms with E-state index in [1.165, 1.54) is 49.4 Å². The second-order valence-corrected chi connectivity index (χ2v) is 10.9. The Morgan fingerprint density at radius 3 is 1.73 bits per heavy atom. The fourth-order valence-corrected chi connectivity index (χ4v) is 6.36. The Balaban J connectivity index is 1.11. The quantitative estimate of drug-likeness (QED) is 0.209. The van der Waals surface area contributed by atoms with E-state index in [1.807, 2.05) is 12.1 Å². The van der Waals surface area contributed by atoms with Crippen LogP contribution >= 0.6 is 0 Å². The molecule has 194 valence electrons.